The predicted octanol–water partition coefficient (Wildman–Crippen LogP) is 3.20. The van der Waals surface area contributed by atoms with E-state index in [0.29, 0.717) is 18.6 Å². The number of aromatic nitrogens is 2. The van der Waals surface area contributed by atoms with Crippen LogP contribution in [-0.2, 0) is 4.74 Å². The summed E-state index contributed by atoms with van der Waals surface area (Å²) in [6.07, 6.45) is 6.19. The van der Waals surface area contributed by atoms with Crippen molar-refractivity contribution in [2.75, 3.05) is 13.1 Å². The number of hydrogen-bond acceptors (Lipinski definition) is 6. The number of ether oxygens (including phenoxy) is 1. The van der Waals surface area contributed by atoms with Crippen molar-refractivity contribution in [2.45, 2.75) is 52.2 Å². The van der Waals surface area contributed by atoms with Gasteiger partial charge in [-0.1, -0.05) is 0 Å². The van der Waals surface area contributed by atoms with Gasteiger partial charge in [0.15, 0.2) is 0 Å². The van der Waals surface area contributed by atoms with Crippen LogP contribution in [0.1, 0.15) is 46.1 Å². The molecule has 0 aliphatic carbocycles. The van der Waals surface area contributed by atoms with Gasteiger partial charge in [-0.25, -0.2) is 9.31 Å². The molecule has 0 bridgehead atoms. The molecule has 0 unspecified atom stereocenters. The van der Waals surface area contributed by atoms with Crippen molar-refractivity contribution in [1.29, 1.82) is 0 Å². The average Bonchev–Trinajstić information content (AvgIpc) is 3.11. The molecule has 0 spiro atoms. The molecule has 2 aromatic rings. The number of fused-ring (bicyclic) bond motifs is 1. The monoisotopic (exact) mass is 399 g/mol. The maximum atomic E-state index is 12.2. The van der Waals surface area contributed by atoms with E-state index in [4.69, 9.17) is 15.5 Å². The van der Waals surface area contributed by atoms with Crippen LogP contribution in [0, 0.1) is 0 Å². The zero-order valence-corrected chi connectivity index (χ0v) is 17.4. The quantitative estimate of drug-likeness (QED) is 0.771. The maximum absolute atomic E-state index is 12.2. The number of nitrogens with two attached hydrogens (primary N) is 1. The number of allylic oxidation sites excluding steroid dienone is 1. The van der Waals surface area contributed by atoms with Crippen LogP contribution in [0.25, 0.3) is 11.1 Å². The normalized spacial score (nSPS) is 17.0. The third-order valence-corrected chi connectivity index (χ3v) is 4.85. The summed E-state index contributed by atoms with van der Waals surface area (Å²) in [6.45, 7) is 8.72. The molecule has 0 saturated carbocycles. The van der Waals surface area contributed by atoms with Gasteiger partial charge in [0.1, 0.15) is 16.9 Å². The average molecular weight is 399 g/mol. The molecule has 0 radical (unpaired) electrons. The van der Waals surface area contributed by atoms with Crippen molar-refractivity contribution in [1.82, 2.24) is 14.5 Å². The molecule has 1 fully saturated rings. The predicted molar refractivity (Wildman–Crippen MR) is 113 cm³/mol. The number of likely N-dealkylation sites (tertiary alicyclic amines) is 1. The lowest BCUT2D eigenvalue weighted by Crippen LogP contribution is -2.42. The maximum Gasteiger partial charge on any atom is 0.410 e. The van der Waals surface area contributed by atoms with E-state index in [1.165, 1.54) is 6.20 Å². The molecule has 2 aromatic heterocycles. The van der Waals surface area contributed by atoms with Crippen molar-refractivity contribution in [3.05, 3.63) is 36.3 Å². The minimum atomic E-state index is -0.495. The largest absolute Gasteiger partial charge is 0.506 e. The molecule has 1 saturated heterocycles. The van der Waals surface area contributed by atoms with Gasteiger partial charge in [0.2, 0.25) is 0 Å². The molecule has 156 valence electrons. The van der Waals surface area contributed by atoms with Gasteiger partial charge in [0.05, 0.1) is 12.2 Å². The van der Waals surface area contributed by atoms with Crippen molar-refractivity contribution in [3.63, 3.8) is 0 Å². The van der Waals surface area contributed by atoms with Gasteiger partial charge >= 0.3 is 6.09 Å². The Morgan fingerprint density at radius 1 is 1.38 bits per heavy atom. The zero-order valence-electron chi connectivity index (χ0n) is 17.4. The van der Waals surface area contributed by atoms with Gasteiger partial charge in [-0.3, -0.25) is 4.99 Å². The van der Waals surface area contributed by atoms with Crippen molar-refractivity contribution < 1.29 is 14.6 Å². The standard InChI is InChI=1S/C21H29N5O3/c1-14(17(12-22)15-11-19(27)18-5-8-23-26(18)13-15)24-16-6-9-25(10-7-16)20(28)29-21(2,3)4/h5,8,11-13,16,27H,6-7,9-10,22H2,1-4H3/b17-12+,24-14?. The Morgan fingerprint density at radius 3 is 2.69 bits per heavy atom. The van der Waals surface area contributed by atoms with E-state index in [1.54, 1.807) is 27.7 Å². The molecule has 29 heavy (non-hydrogen) atoms. The second-order valence-electron chi connectivity index (χ2n) is 8.27. The molecule has 0 atom stereocenters. The van der Waals surface area contributed by atoms with Gasteiger partial charge in [0.25, 0.3) is 0 Å². The number of aliphatic imine (C=N–C) groups is 1. The van der Waals surface area contributed by atoms with Gasteiger partial charge in [-0.05, 0) is 52.7 Å². The summed E-state index contributed by atoms with van der Waals surface area (Å²) >= 11 is 0. The molecule has 8 nitrogen and oxygen atoms in total. The first-order valence-electron chi connectivity index (χ1n) is 9.79. The van der Waals surface area contributed by atoms with Crippen LogP contribution >= 0.6 is 0 Å². The van der Waals surface area contributed by atoms with Crippen LogP contribution in [0.5, 0.6) is 5.75 Å². The van der Waals surface area contributed by atoms with Gasteiger partial charge in [-0.15, -0.1) is 0 Å². The first-order chi connectivity index (χ1) is 13.7. The summed E-state index contributed by atoms with van der Waals surface area (Å²) in [5.74, 6) is 0.137. The fourth-order valence-corrected chi connectivity index (χ4v) is 3.43. The highest BCUT2D eigenvalue weighted by molar-refractivity contribution is 6.22. The summed E-state index contributed by atoms with van der Waals surface area (Å²) in [5, 5.41) is 14.4. The lowest BCUT2D eigenvalue weighted by atomic mass is 10.0. The van der Waals surface area contributed by atoms with Crippen LogP contribution in [0.3, 0.4) is 0 Å². The van der Waals surface area contributed by atoms with E-state index in [2.05, 4.69) is 5.10 Å². The lowest BCUT2D eigenvalue weighted by molar-refractivity contribution is 0.0207. The van der Waals surface area contributed by atoms with E-state index in [9.17, 15) is 9.90 Å². The zero-order chi connectivity index (χ0) is 21.2. The molecule has 3 N–H and O–H groups in total. The Balaban J connectivity index is 1.69. The molecule has 1 aliphatic heterocycles. The molecule has 3 rings (SSSR count). The second-order valence-corrected chi connectivity index (χ2v) is 8.27. The number of rotatable bonds is 3. The Bertz CT molecular complexity index is 947. The van der Waals surface area contributed by atoms with Crippen LogP contribution in [0.2, 0.25) is 0 Å². The minimum Gasteiger partial charge on any atom is -0.506 e. The molecular formula is C21H29N5O3. The first kappa shape index (κ1) is 20.7. The van der Waals surface area contributed by atoms with E-state index in [0.717, 1.165) is 29.7 Å². The van der Waals surface area contributed by atoms with Crippen LogP contribution in [-0.4, -0.2) is 56.2 Å². The Labute approximate surface area is 170 Å². The number of aromatic hydroxyl groups is 1. The molecule has 3 heterocycles. The third-order valence-electron chi connectivity index (χ3n) is 4.85. The topological polar surface area (TPSA) is 105 Å². The number of amides is 1. The SMILES string of the molecule is CC(=NC1CCN(C(=O)OC(C)(C)C)CC1)/C(=C\N)c1cc(O)c2ccnn2c1. The number of carbonyl (C=O) groups is 1. The lowest BCUT2D eigenvalue weighted by Gasteiger charge is -2.32. The fourth-order valence-electron chi connectivity index (χ4n) is 3.43. The highest BCUT2D eigenvalue weighted by Crippen LogP contribution is 2.26. The summed E-state index contributed by atoms with van der Waals surface area (Å²) in [4.78, 5) is 18.8. The summed E-state index contributed by atoms with van der Waals surface area (Å²) < 4.78 is 7.05. The number of piperidine rings is 1. The highest BCUT2D eigenvalue weighted by Gasteiger charge is 2.27. The van der Waals surface area contributed by atoms with Crippen molar-refractivity contribution in [2.24, 2.45) is 10.7 Å². The fraction of sp³-hybridized carbons (Fsp3) is 0.476. The van der Waals surface area contributed by atoms with E-state index in [1.807, 2.05) is 33.9 Å². The molecule has 8 heteroatoms. The van der Waals surface area contributed by atoms with Gasteiger partial charge < -0.3 is 20.5 Å². The van der Waals surface area contributed by atoms with E-state index in [-0.39, 0.29) is 17.9 Å². The number of pyridine rings is 1. The highest BCUT2D eigenvalue weighted by atomic mass is 16.6. The molecule has 1 aliphatic rings. The number of hydrogen-bond donors (Lipinski definition) is 2. The second kappa shape index (κ2) is 8.14. The van der Waals surface area contributed by atoms with Gasteiger partial charge in [-0.2, -0.15) is 5.10 Å². The third kappa shape index (κ3) is 4.88. The van der Waals surface area contributed by atoms with Crippen molar-refractivity contribution in [3.8, 4) is 5.75 Å². The first-order valence-corrected chi connectivity index (χ1v) is 9.79. The Kier molecular flexibility index (Phi) is 5.81. The summed E-state index contributed by atoms with van der Waals surface area (Å²) in [7, 11) is 0. The van der Waals surface area contributed by atoms with Crippen LogP contribution in [0.4, 0.5) is 4.79 Å². The summed E-state index contributed by atoms with van der Waals surface area (Å²) in [6, 6.07) is 3.51. The number of nitrogens with zero attached hydrogens (tertiary/aromatic N) is 4. The van der Waals surface area contributed by atoms with E-state index >= 15 is 0 Å². The summed E-state index contributed by atoms with van der Waals surface area (Å²) in [5.41, 5.74) is 8.29. The Morgan fingerprint density at radius 2 is 2.07 bits per heavy atom. The smallest absolute Gasteiger partial charge is 0.410 e. The molecule has 1 amide bonds. The van der Waals surface area contributed by atoms with Gasteiger partial charge in [0, 0.05) is 42.3 Å². The molecule has 0 aromatic carbocycles. The minimum absolute atomic E-state index is 0.102. The van der Waals surface area contributed by atoms with E-state index < -0.39 is 5.60 Å². The Hall–Kier alpha value is -3.03. The van der Waals surface area contributed by atoms with Crippen LogP contribution < -0.4 is 5.73 Å². The number of carbonyl (C=O) groups excluding carboxylic acids is 1. The van der Waals surface area contributed by atoms with Crippen LogP contribution in [0.15, 0.2) is 35.7 Å². The van der Waals surface area contributed by atoms with Crippen molar-refractivity contribution >= 4 is 22.9 Å². The molecular weight excluding hydrogens is 370 g/mol.